The molecule has 2 N–H and O–H groups in total. The Kier molecular flexibility index (Phi) is 7.69. The molecule has 0 unspecified atom stereocenters. The van der Waals surface area contributed by atoms with Crippen molar-refractivity contribution >= 4 is 21.5 Å². The first-order valence-corrected chi connectivity index (χ1v) is 12.7. The molecular weight excluding hydrogens is 494 g/mol. The number of esters is 1. The fourth-order valence-corrected chi connectivity index (χ4v) is 5.34. The molecule has 0 aliphatic rings. The summed E-state index contributed by atoms with van der Waals surface area (Å²) in [6, 6.07) is 14.4. The highest BCUT2D eigenvalue weighted by Crippen LogP contribution is 2.41. The van der Waals surface area contributed by atoms with Crippen LogP contribution >= 0.6 is 0 Å². The van der Waals surface area contributed by atoms with E-state index in [1.54, 1.807) is 43.0 Å². The highest BCUT2D eigenvalue weighted by molar-refractivity contribution is 7.91. The third-order valence-electron chi connectivity index (χ3n) is 5.63. The molecule has 9 nitrogen and oxygen atoms in total. The predicted molar refractivity (Wildman–Crippen MR) is 136 cm³/mol. The number of aromatic nitrogens is 2. The Bertz CT molecular complexity index is 1490. The molecule has 0 amide bonds. The van der Waals surface area contributed by atoms with Crippen LogP contribution in [0.2, 0.25) is 0 Å². The van der Waals surface area contributed by atoms with E-state index in [-0.39, 0.29) is 39.8 Å². The molecule has 0 saturated carbocycles. The van der Waals surface area contributed by atoms with Gasteiger partial charge < -0.3 is 19.9 Å². The number of pyridine rings is 2. The molecule has 0 atom stereocenters. The van der Waals surface area contributed by atoms with Crippen LogP contribution in [-0.4, -0.2) is 38.6 Å². The Hall–Kier alpha value is -4.44. The number of hydrogen-bond donors (Lipinski definition) is 1. The van der Waals surface area contributed by atoms with E-state index in [0.717, 1.165) is 5.56 Å². The third-order valence-corrected chi connectivity index (χ3v) is 7.46. The highest BCUT2D eigenvalue weighted by Gasteiger charge is 2.33. The van der Waals surface area contributed by atoms with Gasteiger partial charge in [0.05, 0.1) is 30.4 Å². The van der Waals surface area contributed by atoms with Crippen molar-refractivity contribution in [2.24, 2.45) is 0 Å². The molecular formula is C27H25N3O6S. The van der Waals surface area contributed by atoms with Gasteiger partial charge >= 0.3 is 5.97 Å². The summed E-state index contributed by atoms with van der Waals surface area (Å²) < 4.78 is 44.0. The molecule has 2 aromatic heterocycles. The zero-order valence-corrected chi connectivity index (χ0v) is 21.1. The maximum atomic E-state index is 13.9. The van der Waals surface area contributed by atoms with Crippen LogP contribution in [0.1, 0.15) is 27.0 Å². The van der Waals surface area contributed by atoms with Crippen LogP contribution in [0.15, 0.2) is 89.2 Å². The lowest BCUT2D eigenvalue weighted by Gasteiger charge is -2.20. The second kappa shape index (κ2) is 11.1. The quantitative estimate of drug-likeness (QED) is 0.259. The molecule has 4 rings (SSSR count). The molecule has 0 radical (unpaired) electrons. The van der Waals surface area contributed by atoms with Crippen LogP contribution in [0.5, 0.6) is 11.5 Å². The van der Waals surface area contributed by atoms with Crippen molar-refractivity contribution in [2.75, 3.05) is 20.0 Å². The minimum atomic E-state index is -4.29. The monoisotopic (exact) mass is 519 g/mol. The van der Waals surface area contributed by atoms with Crippen molar-refractivity contribution in [1.29, 1.82) is 0 Å². The third kappa shape index (κ3) is 5.54. The molecule has 2 heterocycles. The number of nitrogen functional groups attached to an aromatic ring is 1. The van der Waals surface area contributed by atoms with E-state index in [9.17, 15) is 13.2 Å². The van der Waals surface area contributed by atoms with E-state index in [1.807, 2.05) is 6.07 Å². The number of carbonyl (C=O) groups is 1. The Morgan fingerprint density at radius 2 is 1.59 bits per heavy atom. The van der Waals surface area contributed by atoms with Crippen LogP contribution in [0.25, 0.3) is 0 Å². The van der Waals surface area contributed by atoms with E-state index >= 15 is 0 Å². The number of nitrogens with two attached hydrogens (primary N) is 1. The van der Waals surface area contributed by atoms with Gasteiger partial charge in [0.1, 0.15) is 17.3 Å². The minimum absolute atomic E-state index is 0.0276. The Morgan fingerprint density at radius 1 is 0.946 bits per heavy atom. The van der Waals surface area contributed by atoms with Gasteiger partial charge in [-0.05, 0) is 53.6 Å². The second-order valence-electron chi connectivity index (χ2n) is 8.01. The predicted octanol–water partition coefficient (Wildman–Crippen LogP) is 3.86. The Labute approximate surface area is 214 Å². The molecule has 0 saturated heterocycles. The number of benzene rings is 2. The Morgan fingerprint density at radius 3 is 2.16 bits per heavy atom. The van der Waals surface area contributed by atoms with Gasteiger partial charge in [-0.15, -0.1) is 0 Å². The summed E-state index contributed by atoms with van der Waals surface area (Å²) in [6.07, 6.45) is 6.79. The summed E-state index contributed by atoms with van der Waals surface area (Å²) >= 11 is 0. The summed E-state index contributed by atoms with van der Waals surface area (Å²) in [5, 5.41) is 0. The number of sulfone groups is 1. The van der Waals surface area contributed by atoms with Crippen molar-refractivity contribution in [3.8, 4) is 11.5 Å². The van der Waals surface area contributed by atoms with Crippen LogP contribution in [0, 0.1) is 0 Å². The zero-order valence-electron chi connectivity index (χ0n) is 20.2. The lowest BCUT2D eigenvalue weighted by molar-refractivity contribution is 0.0595. The van der Waals surface area contributed by atoms with Crippen LogP contribution in [0.4, 0.5) is 5.69 Å². The van der Waals surface area contributed by atoms with Crippen LogP contribution in [-0.2, 0) is 27.6 Å². The topological polar surface area (TPSA) is 131 Å². The molecule has 2 aromatic carbocycles. The Balaban J connectivity index is 1.93. The zero-order chi connectivity index (χ0) is 26.4. The molecule has 0 spiro atoms. The van der Waals surface area contributed by atoms with Gasteiger partial charge in [-0.3, -0.25) is 9.97 Å². The number of carbonyl (C=O) groups excluding carboxylic acids is 1. The average Bonchev–Trinajstić information content (AvgIpc) is 2.93. The van der Waals surface area contributed by atoms with Crippen molar-refractivity contribution in [2.45, 2.75) is 22.8 Å². The second-order valence-corrected chi connectivity index (χ2v) is 9.90. The first kappa shape index (κ1) is 25.6. The number of rotatable bonds is 9. The summed E-state index contributed by atoms with van der Waals surface area (Å²) in [4.78, 5) is 20.7. The molecule has 0 fully saturated rings. The normalized spacial score (nSPS) is 11.1. The van der Waals surface area contributed by atoms with Gasteiger partial charge in [-0.25, -0.2) is 13.2 Å². The van der Waals surface area contributed by atoms with E-state index in [2.05, 4.69) is 9.97 Å². The standard InChI is InChI=1S/C27H25N3O6S/c1-34-21-7-9-22(10-8-21)37(32,33)26-23(27(31)35-2)14-20(13-18-5-3-11-29-15-18)24(28)25(26)36-17-19-6-4-12-30-16-19/h3-12,14-16H,13,17,28H2,1-2H3. The van der Waals surface area contributed by atoms with Crippen LogP contribution in [0.3, 0.4) is 0 Å². The van der Waals surface area contributed by atoms with Crippen molar-refractivity contribution in [3.05, 3.63) is 102 Å². The SMILES string of the molecule is COC(=O)c1cc(Cc2cccnc2)c(N)c(OCc2cccnc2)c1S(=O)(=O)c1ccc(OC)cc1. The van der Waals surface area contributed by atoms with Gasteiger partial charge in [-0.1, -0.05) is 12.1 Å². The molecule has 4 aromatic rings. The fourth-order valence-electron chi connectivity index (χ4n) is 3.76. The van der Waals surface area contributed by atoms with Crippen LogP contribution < -0.4 is 15.2 Å². The number of hydrogen-bond acceptors (Lipinski definition) is 9. The van der Waals surface area contributed by atoms with Gasteiger partial charge in [0.15, 0.2) is 5.75 Å². The average molecular weight is 520 g/mol. The first-order chi connectivity index (χ1) is 17.8. The first-order valence-electron chi connectivity index (χ1n) is 11.2. The van der Waals surface area contributed by atoms with Gasteiger partial charge in [0, 0.05) is 36.8 Å². The van der Waals surface area contributed by atoms with Gasteiger partial charge in [0.25, 0.3) is 0 Å². The molecule has 0 bridgehead atoms. The summed E-state index contributed by atoms with van der Waals surface area (Å²) in [6.45, 7) is -0.0276. The van der Waals surface area contributed by atoms with Gasteiger partial charge in [-0.2, -0.15) is 0 Å². The summed E-state index contributed by atoms with van der Waals surface area (Å²) in [7, 11) is -1.63. The van der Waals surface area contributed by atoms with E-state index in [0.29, 0.717) is 16.9 Å². The largest absolute Gasteiger partial charge is 0.497 e. The van der Waals surface area contributed by atoms with E-state index in [1.165, 1.54) is 44.6 Å². The maximum absolute atomic E-state index is 13.9. The molecule has 0 aliphatic heterocycles. The fraction of sp³-hybridized carbons (Fsp3) is 0.148. The molecule has 0 aliphatic carbocycles. The lowest BCUT2D eigenvalue weighted by atomic mass is 10.0. The maximum Gasteiger partial charge on any atom is 0.339 e. The molecule has 37 heavy (non-hydrogen) atoms. The van der Waals surface area contributed by atoms with Crippen molar-refractivity contribution in [1.82, 2.24) is 9.97 Å². The number of anilines is 1. The summed E-state index contributed by atoms with van der Waals surface area (Å²) in [5.41, 5.74) is 8.42. The highest BCUT2D eigenvalue weighted by atomic mass is 32.2. The summed E-state index contributed by atoms with van der Waals surface area (Å²) in [5.74, 6) is -0.501. The lowest BCUT2D eigenvalue weighted by Crippen LogP contribution is -2.16. The van der Waals surface area contributed by atoms with Crippen molar-refractivity contribution < 1.29 is 27.4 Å². The van der Waals surface area contributed by atoms with E-state index < -0.39 is 15.8 Å². The number of ether oxygens (including phenoxy) is 3. The number of nitrogens with zero attached hydrogens (tertiary/aromatic N) is 2. The molecule has 190 valence electrons. The number of methoxy groups -OCH3 is 2. The minimum Gasteiger partial charge on any atom is -0.497 e. The smallest absolute Gasteiger partial charge is 0.339 e. The van der Waals surface area contributed by atoms with E-state index in [4.69, 9.17) is 19.9 Å². The molecule has 10 heteroatoms. The van der Waals surface area contributed by atoms with Crippen molar-refractivity contribution in [3.63, 3.8) is 0 Å². The van der Waals surface area contributed by atoms with Gasteiger partial charge in [0.2, 0.25) is 9.84 Å².